The van der Waals surface area contributed by atoms with E-state index >= 15 is 0 Å². The molecule has 0 bridgehead atoms. The number of nitrogens with zero attached hydrogens (tertiary/aromatic N) is 3. The first-order valence-corrected chi connectivity index (χ1v) is 8.69. The van der Waals surface area contributed by atoms with Gasteiger partial charge in [-0.3, -0.25) is 14.6 Å². The van der Waals surface area contributed by atoms with Crippen molar-refractivity contribution < 1.29 is 24.9 Å². The highest BCUT2D eigenvalue weighted by Crippen LogP contribution is 2.53. The highest BCUT2D eigenvalue weighted by Gasteiger charge is 2.51. The lowest BCUT2D eigenvalue weighted by Crippen LogP contribution is -2.59. The molecule has 0 radical (unpaired) electrons. The van der Waals surface area contributed by atoms with Crippen LogP contribution in [-0.4, -0.2) is 99.5 Å². The minimum Gasteiger partial charge on any atom is -0.465 e. The number of β-amino-alcohol motifs (C(OH)–C–C–N with tert-alkyl or cyclic N) is 2. The molecule has 136 valence electrons. The predicted octanol–water partition coefficient (Wildman–Crippen LogP) is -0.595. The van der Waals surface area contributed by atoms with E-state index in [-0.39, 0.29) is 30.5 Å². The van der Waals surface area contributed by atoms with Gasteiger partial charge >= 0.3 is 6.09 Å². The number of rotatable bonds is 4. The van der Waals surface area contributed by atoms with E-state index in [9.17, 15) is 19.8 Å². The van der Waals surface area contributed by atoms with Gasteiger partial charge in [-0.15, -0.1) is 0 Å². The van der Waals surface area contributed by atoms with E-state index in [1.807, 2.05) is 0 Å². The zero-order valence-electron chi connectivity index (χ0n) is 14.1. The molecule has 8 heteroatoms. The van der Waals surface area contributed by atoms with Crippen LogP contribution in [0, 0.1) is 5.41 Å². The maximum Gasteiger partial charge on any atom is 0.408 e. The first kappa shape index (κ1) is 17.4. The summed E-state index contributed by atoms with van der Waals surface area (Å²) in [5.74, 6) is -0.265. The maximum atomic E-state index is 12.3. The summed E-state index contributed by atoms with van der Waals surface area (Å²) in [5, 5.41) is 29.6. The normalized spacial score (nSPS) is 31.4. The van der Waals surface area contributed by atoms with Gasteiger partial charge < -0.3 is 20.2 Å². The second-order valence-electron chi connectivity index (χ2n) is 7.48. The van der Waals surface area contributed by atoms with Crippen LogP contribution in [-0.2, 0) is 4.79 Å². The van der Waals surface area contributed by atoms with Crippen LogP contribution in [0.1, 0.15) is 26.2 Å². The van der Waals surface area contributed by atoms with Gasteiger partial charge in [-0.1, -0.05) is 0 Å². The molecule has 0 aromatic carbocycles. The third kappa shape index (κ3) is 3.36. The fourth-order valence-electron chi connectivity index (χ4n) is 3.97. The molecule has 2 saturated heterocycles. The van der Waals surface area contributed by atoms with Crippen LogP contribution in [0.5, 0.6) is 0 Å². The SMILES string of the molecule is C[C@H]1C(=O)N(C[C@@H](O)CN2CCC3(CC3)[C@H](O)C2)CCN1C(=O)O. The number of carbonyl (C=O) groups is 2. The molecule has 0 aromatic heterocycles. The molecule has 2 amide bonds. The highest BCUT2D eigenvalue weighted by atomic mass is 16.4. The zero-order valence-corrected chi connectivity index (χ0v) is 14.1. The molecule has 0 aromatic rings. The Bertz CT molecular complexity index is 510. The fourth-order valence-corrected chi connectivity index (χ4v) is 3.97. The Hall–Kier alpha value is -1.38. The van der Waals surface area contributed by atoms with E-state index in [0.717, 1.165) is 30.7 Å². The first-order chi connectivity index (χ1) is 11.3. The summed E-state index contributed by atoms with van der Waals surface area (Å²) in [4.78, 5) is 28.1. The van der Waals surface area contributed by atoms with Crippen LogP contribution in [0.2, 0.25) is 0 Å². The Labute approximate surface area is 141 Å². The van der Waals surface area contributed by atoms with Gasteiger partial charge in [0.15, 0.2) is 0 Å². The van der Waals surface area contributed by atoms with E-state index < -0.39 is 18.2 Å². The standard InChI is InChI=1S/C16H27N3O5/c1-11-14(22)18(6-7-19(11)15(23)24)9-12(20)8-17-5-4-16(2-3-16)13(21)10-17/h11-13,20-21H,2-10H2,1H3,(H,23,24)/t11-,12-,13+/m0/s1. The van der Waals surface area contributed by atoms with Gasteiger partial charge in [0.05, 0.1) is 12.2 Å². The second kappa shape index (κ2) is 6.50. The van der Waals surface area contributed by atoms with Crippen molar-refractivity contribution in [1.82, 2.24) is 14.7 Å². The molecule has 3 aliphatic rings. The molecule has 3 rings (SSSR count). The van der Waals surface area contributed by atoms with Crippen molar-refractivity contribution in [1.29, 1.82) is 0 Å². The summed E-state index contributed by atoms with van der Waals surface area (Å²) in [6.45, 7) is 4.21. The average Bonchev–Trinajstić information content (AvgIpc) is 3.29. The van der Waals surface area contributed by atoms with E-state index in [1.165, 1.54) is 4.90 Å². The number of likely N-dealkylation sites (tertiary alicyclic amines) is 1. The molecule has 1 saturated carbocycles. The number of amides is 2. The first-order valence-electron chi connectivity index (χ1n) is 8.69. The topological polar surface area (TPSA) is 105 Å². The lowest BCUT2D eigenvalue weighted by atomic mass is 9.90. The van der Waals surface area contributed by atoms with Crippen LogP contribution >= 0.6 is 0 Å². The van der Waals surface area contributed by atoms with Crippen molar-refractivity contribution in [3.05, 3.63) is 0 Å². The third-order valence-electron chi connectivity index (χ3n) is 5.85. The summed E-state index contributed by atoms with van der Waals surface area (Å²) in [6, 6.07) is -0.713. The summed E-state index contributed by atoms with van der Waals surface area (Å²) in [6.07, 6.45) is 1.06. The summed E-state index contributed by atoms with van der Waals surface area (Å²) >= 11 is 0. The Morgan fingerprint density at radius 3 is 2.54 bits per heavy atom. The number of hydrogen-bond acceptors (Lipinski definition) is 5. The van der Waals surface area contributed by atoms with Gasteiger partial charge in [-0.25, -0.2) is 4.79 Å². The van der Waals surface area contributed by atoms with Crippen LogP contribution in [0.4, 0.5) is 4.79 Å². The molecule has 24 heavy (non-hydrogen) atoms. The third-order valence-corrected chi connectivity index (χ3v) is 5.85. The molecule has 3 atom stereocenters. The Balaban J connectivity index is 1.47. The van der Waals surface area contributed by atoms with Crippen molar-refractivity contribution in [2.45, 2.75) is 44.4 Å². The molecular formula is C16H27N3O5. The van der Waals surface area contributed by atoms with Gasteiger partial charge in [-0.05, 0) is 38.1 Å². The number of piperidine rings is 1. The molecule has 3 N–H and O–H groups in total. The zero-order chi connectivity index (χ0) is 17.5. The lowest BCUT2D eigenvalue weighted by molar-refractivity contribution is -0.141. The van der Waals surface area contributed by atoms with Gasteiger partial charge in [0, 0.05) is 32.7 Å². The number of hydrogen-bond donors (Lipinski definition) is 3. The Kier molecular flexibility index (Phi) is 4.72. The van der Waals surface area contributed by atoms with Crippen LogP contribution in [0.15, 0.2) is 0 Å². The number of aliphatic hydroxyl groups excluding tert-OH is 2. The molecule has 8 nitrogen and oxygen atoms in total. The summed E-state index contributed by atoms with van der Waals surface area (Å²) < 4.78 is 0. The minimum atomic E-state index is -1.09. The van der Waals surface area contributed by atoms with Crippen molar-refractivity contribution in [3.63, 3.8) is 0 Å². The van der Waals surface area contributed by atoms with Crippen molar-refractivity contribution in [2.24, 2.45) is 5.41 Å². The monoisotopic (exact) mass is 341 g/mol. The molecular weight excluding hydrogens is 314 g/mol. The van der Waals surface area contributed by atoms with Gasteiger partial charge in [-0.2, -0.15) is 0 Å². The molecule has 3 fully saturated rings. The van der Waals surface area contributed by atoms with E-state index in [1.54, 1.807) is 6.92 Å². The van der Waals surface area contributed by atoms with E-state index in [0.29, 0.717) is 19.6 Å². The smallest absolute Gasteiger partial charge is 0.408 e. The van der Waals surface area contributed by atoms with Crippen molar-refractivity contribution in [3.8, 4) is 0 Å². The van der Waals surface area contributed by atoms with Gasteiger partial charge in [0.2, 0.25) is 5.91 Å². The summed E-state index contributed by atoms with van der Waals surface area (Å²) in [7, 11) is 0. The molecule has 0 unspecified atom stereocenters. The molecule has 1 aliphatic carbocycles. The van der Waals surface area contributed by atoms with Gasteiger partial charge in [0.1, 0.15) is 6.04 Å². The van der Waals surface area contributed by atoms with E-state index in [4.69, 9.17) is 5.11 Å². The van der Waals surface area contributed by atoms with Crippen molar-refractivity contribution in [2.75, 3.05) is 39.3 Å². The number of aliphatic hydroxyl groups is 2. The highest BCUT2D eigenvalue weighted by molar-refractivity contribution is 5.86. The molecule has 2 aliphatic heterocycles. The fraction of sp³-hybridized carbons (Fsp3) is 0.875. The van der Waals surface area contributed by atoms with Crippen LogP contribution in [0.25, 0.3) is 0 Å². The molecule has 1 spiro atoms. The number of carbonyl (C=O) groups excluding carboxylic acids is 1. The average molecular weight is 341 g/mol. The summed E-state index contributed by atoms with van der Waals surface area (Å²) in [5.41, 5.74) is 0.139. The van der Waals surface area contributed by atoms with Crippen molar-refractivity contribution >= 4 is 12.0 Å². The van der Waals surface area contributed by atoms with E-state index in [2.05, 4.69) is 4.90 Å². The predicted molar refractivity (Wildman–Crippen MR) is 85.5 cm³/mol. The minimum absolute atomic E-state index is 0.139. The van der Waals surface area contributed by atoms with Crippen LogP contribution < -0.4 is 0 Å². The van der Waals surface area contributed by atoms with Crippen LogP contribution in [0.3, 0.4) is 0 Å². The molecule has 2 heterocycles. The second-order valence-corrected chi connectivity index (χ2v) is 7.48. The Morgan fingerprint density at radius 2 is 1.96 bits per heavy atom. The Morgan fingerprint density at radius 1 is 1.25 bits per heavy atom. The maximum absolute atomic E-state index is 12.3. The quantitative estimate of drug-likeness (QED) is 0.631. The number of carboxylic acid groups (broad SMARTS) is 1. The largest absolute Gasteiger partial charge is 0.465 e. The van der Waals surface area contributed by atoms with Gasteiger partial charge in [0.25, 0.3) is 0 Å². The lowest BCUT2D eigenvalue weighted by Gasteiger charge is -2.40. The number of piperazine rings is 1.